The van der Waals surface area contributed by atoms with E-state index in [1.807, 2.05) is 0 Å². The molecule has 0 radical (unpaired) electrons. The van der Waals surface area contributed by atoms with E-state index in [0.717, 1.165) is 0 Å². The van der Waals surface area contributed by atoms with Crippen molar-refractivity contribution in [2.45, 2.75) is 6.42 Å². The van der Waals surface area contributed by atoms with E-state index in [-0.39, 0.29) is 19.1 Å². The van der Waals surface area contributed by atoms with Crippen LogP contribution in [0.5, 0.6) is 0 Å². The predicted octanol–water partition coefficient (Wildman–Crippen LogP) is -1.06. The van der Waals surface area contributed by atoms with Crippen LogP contribution in [-0.4, -0.2) is 30.0 Å². The van der Waals surface area contributed by atoms with Gasteiger partial charge in [0, 0.05) is 13.2 Å². The fourth-order valence-corrected chi connectivity index (χ4v) is 0.466. The van der Waals surface area contributed by atoms with E-state index in [4.69, 9.17) is 15.9 Å². The molecule has 3 heteroatoms. The Balaban J connectivity index is 3.07. The normalized spacial score (nSPS) is 13.9. The second-order valence-electron chi connectivity index (χ2n) is 1.80. The van der Waals surface area contributed by atoms with Crippen LogP contribution in [-0.2, 0) is 0 Å². The topological polar surface area (TPSA) is 66.5 Å². The lowest BCUT2D eigenvalue weighted by Crippen LogP contribution is -2.18. The minimum atomic E-state index is 0.0804. The highest BCUT2D eigenvalue weighted by molar-refractivity contribution is 4.55. The van der Waals surface area contributed by atoms with Crippen LogP contribution in [0.2, 0.25) is 0 Å². The van der Waals surface area contributed by atoms with E-state index in [2.05, 4.69) is 0 Å². The molecule has 0 rings (SSSR count). The van der Waals surface area contributed by atoms with E-state index in [1.165, 1.54) is 0 Å². The summed E-state index contributed by atoms with van der Waals surface area (Å²) in [5.41, 5.74) is 5.20. The van der Waals surface area contributed by atoms with Crippen molar-refractivity contribution in [2.75, 3.05) is 19.8 Å². The summed E-state index contributed by atoms with van der Waals surface area (Å²) in [6.45, 7) is 0.649. The Hall–Kier alpha value is -0.120. The van der Waals surface area contributed by atoms with Gasteiger partial charge in [-0.05, 0) is 18.9 Å². The summed E-state index contributed by atoms with van der Waals surface area (Å²) >= 11 is 0. The zero-order chi connectivity index (χ0) is 6.41. The van der Waals surface area contributed by atoms with Crippen LogP contribution in [0.1, 0.15) is 6.42 Å². The fraction of sp³-hybridized carbons (Fsp3) is 1.00. The molecule has 0 aliphatic rings. The van der Waals surface area contributed by atoms with Crippen molar-refractivity contribution in [3.05, 3.63) is 0 Å². The van der Waals surface area contributed by atoms with Gasteiger partial charge in [0.2, 0.25) is 0 Å². The molecule has 0 aliphatic heterocycles. The lowest BCUT2D eigenvalue weighted by molar-refractivity contribution is 0.187. The molecule has 3 nitrogen and oxygen atoms in total. The summed E-state index contributed by atoms with van der Waals surface area (Å²) < 4.78 is 0. The summed E-state index contributed by atoms with van der Waals surface area (Å²) in [4.78, 5) is 0. The molecule has 0 spiro atoms. The van der Waals surface area contributed by atoms with Gasteiger partial charge in [-0.1, -0.05) is 0 Å². The SMILES string of the molecule is NCC(CO)CCO. The van der Waals surface area contributed by atoms with Gasteiger partial charge in [0.25, 0.3) is 0 Å². The third-order valence-electron chi connectivity index (χ3n) is 1.13. The third kappa shape index (κ3) is 2.96. The van der Waals surface area contributed by atoms with Crippen molar-refractivity contribution in [3.8, 4) is 0 Å². The smallest absolute Gasteiger partial charge is 0.0472 e. The first-order chi connectivity index (χ1) is 3.85. The highest BCUT2D eigenvalue weighted by atomic mass is 16.3. The van der Waals surface area contributed by atoms with Gasteiger partial charge in [-0.15, -0.1) is 0 Å². The van der Waals surface area contributed by atoms with E-state index < -0.39 is 0 Å². The summed E-state index contributed by atoms with van der Waals surface area (Å²) in [6, 6.07) is 0. The molecule has 0 saturated carbocycles. The van der Waals surface area contributed by atoms with Gasteiger partial charge in [0.1, 0.15) is 0 Å². The van der Waals surface area contributed by atoms with Gasteiger partial charge in [-0.2, -0.15) is 0 Å². The zero-order valence-electron chi connectivity index (χ0n) is 4.88. The van der Waals surface area contributed by atoms with Gasteiger partial charge >= 0.3 is 0 Å². The average molecular weight is 119 g/mol. The predicted molar refractivity (Wildman–Crippen MR) is 31.3 cm³/mol. The molecular weight excluding hydrogens is 106 g/mol. The average Bonchev–Trinajstić information content (AvgIpc) is 1.83. The van der Waals surface area contributed by atoms with Crippen molar-refractivity contribution in [1.29, 1.82) is 0 Å². The summed E-state index contributed by atoms with van der Waals surface area (Å²) in [5.74, 6) is 0.0833. The van der Waals surface area contributed by atoms with E-state index in [1.54, 1.807) is 0 Å². The van der Waals surface area contributed by atoms with Crippen molar-refractivity contribution < 1.29 is 10.2 Å². The lowest BCUT2D eigenvalue weighted by Gasteiger charge is -2.06. The number of hydrogen-bond donors (Lipinski definition) is 3. The molecule has 1 atom stereocenters. The Morgan fingerprint density at radius 2 is 2.00 bits per heavy atom. The first kappa shape index (κ1) is 7.88. The quantitative estimate of drug-likeness (QED) is 0.441. The van der Waals surface area contributed by atoms with Crippen LogP contribution < -0.4 is 5.73 Å². The van der Waals surface area contributed by atoms with Crippen LogP contribution in [0.3, 0.4) is 0 Å². The number of nitrogens with two attached hydrogens (primary N) is 1. The molecule has 4 N–H and O–H groups in total. The molecular formula is C5H13NO2. The van der Waals surface area contributed by atoms with Crippen LogP contribution in [0.15, 0.2) is 0 Å². The molecule has 8 heavy (non-hydrogen) atoms. The molecule has 0 saturated heterocycles. The Bertz CT molecular complexity index is 45.7. The Labute approximate surface area is 49.1 Å². The Kier molecular flexibility index (Phi) is 4.95. The van der Waals surface area contributed by atoms with E-state index in [9.17, 15) is 0 Å². The van der Waals surface area contributed by atoms with E-state index >= 15 is 0 Å². The molecule has 0 fully saturated rings. The molecule has 50 valence electrons. The maximum absolute atomic E-state index is 8.47. The second-order valence-corrected chi connectivity index (χ2v) is 1.80. The van der Waals surface area contributed by atoms with Crippen molar-refractivity contribution in [3.63, 3.8) is 0 Å². The van der Waals surface area contributed by atoms with Crippen LogP contribution in [0.25, 0.3) is 0 Å². The van der Waals surface area contributed by atoms with Gasteiger partial charge in [-0.25, -0.2) is 0 Å². The maximum Gasteiger partial charge on any atom is 0.0472 e. The van der Waals surface area contributed by atoms with Gasteiger partial charge < -0.3 is 15.9 Å². The number of aliphatic hydroxyl groups is 2. The first-order valence-electron chi connectivity index (χ1n) is 2.77. The van der Waals surface area contributed by atoms with Gasteiger partial charge in [0.05, 0.1) is 0 Å². The highest BCUT2D eigenvalue weighted by Crippen LogP contribution is 1.96. The number of hydrogen-bond acceptors (Lipinski definition) is 3. The minimum Gasteiger partial charge on any atom is -0.396 e. The van der Waals surface area contributed by atoms with E-state index in [0.29, 0.717) is 13.0 Å². The Morgan fingerprint density at radius 3 is 2.12 bits per heavy atom. The van der Waals surface area contributed by atoms with Crippen LogP contribution in [0.4, 0.5) is 0 Å². The summed E-state index contributed by atoms with van der Waals surface area (Å²) in [7, 11) is 0. The molecule has 0 aromatic rings. The second kappa shape index (κ2) is 5.03. The van der Waals surface area contributed by atoms with Crippen molar-refractivity contribution in [1.82, 2.24) is 0 Å². The highest BCUT2D eigenvalue weighted by Gasteiger charge is 2.01. The monoisotopic (exact) mass is 119 g/mol. The molecule has 0 bridgehead atoms. The fourth-order valence-electron chi connectivity index (χ4n) is 0.466. The molecule has 1 unspecified atom stereocenters. The molecule has 0 aromatic carbocycles. The molecule has 0 aromatic heterocycles. The number of aliphatic hydroxyl groups excluding tert-OH is 2. The van der Waals surface area contributed by atoms with Crippen molar-refractivity contribution in [2.24, 2.45) is 11.7 Å². The third-order valence-corrected chi connectivity index (χ3v) is 1.13. The van der Waals surface area contributed by atoms with Gasteiger partial charge in [-0.3, -0.25) is 0 Å². The zero-order valence-corrected chi connectivity index (χ0v) is 4.88. The number of rotatable bonds is 4. The van der Waals surface area contributed by atoms with Crippen molar-refractivity contribution >= 4 is 0 Å². The summed E-state index contributed by atoms with van der Waals surface area (Å²) in [6.07, 6.45) is 0.604. The Morgan fingerprint density at radius 1 is 1.38 bits per heavy atom. The standard InChI is InChI=1S/C5H13NO2/c6-3-5(4-8)1-2-7/h5,7-8H,1-4,6H2. The molecule has 0 heterocycles. The summed E-state index contributed by atoms with van der Waals surface area (Å²) in [5, 5.41) is 16.8. The van der Waals surface area contributed by atoms with Crippen LogP contribution >= 0.6 is 0 Å². The minimum absolute atomic E-state index is 0.0804. The van der Waals surface area contributed by atoms with Gasteiger partial charge in [0.15, 0.2) is 0 Å². The maximum atomic E-state index is 8.47. The lowest BCUT2D eigenvalue weighted by atomic mass is 10.1. The van der Waals surface area contributed by atoms with Crippen LogP contribution in [0, 0.1) is 5.92 Å². The molecule has 0 aliphatic carbocycles. The first-order valence-corrected chi connectivity index (χ1v) is 2.77. The molecule has 0 amide bonds. The largest absolute Gasteiger partial charge is 0.396 e.